The number of rotatable bonds is 7. The lowest BCUT2D eigenvalue weighted by Gasteiger charge is -2.34. The van der Waals surface area contributed by atoms with E-state index in [2.05, 4.69) is 15.8 Å². The van der Waals surface area contributed by atoms with Gasteiger partial charge >= 0.3 is 0 Å². The average Bonchev–Trinajstić information content (AvgIpc) is 3.14. The van der Waals surface area contributed by atoms with Crippen molar-refractivity contribution in [2.24, 2.45) is 0 Å². The molecule has 0 aliphatic carbocycles. The van der Waals surface area contributed by atoms with E-state index in [9.17, 15) is 14.0 Å². The summed E-state index contributed by atoms with van der Waals surface area (Å²) in [6.07, 6.45) is 0.694. The van der Waals surface area contributed by atoms with Gasteiger partial charge in [0.2, 0.25) is 11.8 Å². The van der Waals surface area contributed by atoms with Gasteiger partial charge < -0.3 is 15.2 Å². The Bertz CT molecular complexity index is 837. The summed E-state index contributed by atoms with van der Waals surface area (Å²) in [6, 6.07) is 5.54. The number of nitrogens with zero attached hydrogens (tertiary/aromatic N) is 2. The van der Waals surface area contributed by atoms with Gasteiger partial charge in [-0.15, -0.1) is 0 Å². The van der Waals surface area contributed by atoms with Crippen LogP contribution in [0.5, 0.6) is 0 Å². The molecule has 0 saturated carbocycles. The first-order chi connectivity index (χ1) is 13.5. The number of hydrogen-bond donors (Lipinski definition) is 2. The molecule has 2 heterocycles. The zero-order valence-corrected chi connectivity index (χ0v) is 16.3. The molecule has 1 fully saturated rings. The summed E-state index contributed by atoms with van der Waals surface area (Å²) in [6.45, 7) is 3.23. The van der Waals surface area contributed by atoms with Gasteiger partial charge in [-0.1, -0.05) is 29.7 Å². The predicted molar refractivity (Wildman–Crippen MR) is 101 cm³/mol. The van der Waals surface area contributed by atoms with Crippen molar-refractivity contribution in [3.05, 3.63) is 52.1 Å². The minimum absolute atomic E-state index is 0.0489. The third-order valence-corrected chi connectivity index (χ3v) is 5.03. The maximum Gasteiger partial charge on any atom is 0.237 e. The van der Waals surface area contributed by atoms with E-state index in [1.54, 1.807) is 17.0 Å². The predicted octanol–water partition coefficient (Wildman–Crippen LogP) is 2.04. The van der Waals surface area contributed by atoms with Gasteiger partial charge in [-0.2, -0.15) is 0 Å². The van der Waals surface area contributed by atoms with Gasteiger partial charge in [-0.3, -0.25) is 14.5 Å². The lowest BCUT2D eigenvalue weighted by molar-refractivity contribution is -0.134. The van der Waals surface area contributed by atoms with Crippen molar-refractivity contribution in [2.45, 2.75) is 38.9 Å². The fourth-order valence-corrected chi connectivity index (χ4v) is 3.32. The Morgan fingerprint density at radius 3 is 3.04 bits per heavy atom. The smallest absolute Gasteiger partial charge is 0.237 e. The van der Waals surface area contributed by atoms with Crippen molar-refractivity contribution in [1.29, 1.82) is 0 Å². The van der Waals surface area contributed by atoms with Gasteiger partial charge in [-0.25, -0.2) is 4.39 Å². The third-order valence-electron chi connectivity index (χ3n) is 4.67. The van der Waals surface area contributed by atoms with Gasteiger partial charge in [0, 0.05) is 36.3 Å². The van der Waals surface area contributed by atoms with Crippen LogP contribution >= 0.6 is 11.6 Å². The zero-order chi connectivity index (χ0) is 20.1. The van der Waals surface area contributed by atoms with Crippen molar-refractivity contribution in [2.75, 3.05) is 13.1 Å². The Labute approximate surface area is 167 Å². The van der Waals surface area contributed by atoms with Crippen LogP contribution in [0.3, 0.4) is 0 Å². The summed E-state index contributed by atoms with van der Waals surface area (Å²) >= 11 is 6.11. The molecule has 1 saturated heterocycles. The average molecular weight is 409 g/mol. The Balaban J connectivity index is 1.63. The van der Waals surface area contributed by atoms with Crippen molar-refractivity contribution in [3.63, 3.8) is 0 Å². The normalized spacial score (nSPS) is 17.4. The second kappa shape index (κ2) is 9.16. The molecule has 1 atom stereocenters. The van der Waals surface area contributed by atoms with Gasteiger partial charge in [0.25, 0.3) is 0 Å². The molecule has 9 heteroatoms. The molecule has 1 aliphatic rings. The van der Waals surface area contributed by atoms with E-state index < -0.39 is 11.9 Å². The summed E-state index contributed by atoms with van der Waals surface area (Å²) in [5, 5.41) is 9.65. The van der Waals surface area contributed by atoms with Crippen molar-refractivity contribution < 1.29 is 18.5 Å². The molecule has 0 radical (unpaired) electrons. The molecule has 2 N–H and O–H groups in total. The Morgan fingerprint density at radius 2 is 2.32 bits per heavy atom. The number of carbonyl (C=O) groups is 2. The van der Waals surface area contributed by atoms with E-state index in [-0.39, 0.29) is 31.3 Å². The SMILES string of the molecule is CCc1cc(CNC(=O)C[C@@H]2C(=O)NCCN2Cc2c(F)cccc2Cl)on1. The lowest BCUT2D eigenvalue weighted by Crippen LogP contribution is -2.56. The number of hydrogen-bond acceptors (Lipinski definition) is 5. The summed E-state index contributed by atoms with van der Waals surface area (Å²) < 4.78 is 19.3. The second-order valence-corrected chi connectivity index (χ2v) is 7.00. The highest BCUT2D eigenvalue weighted by atomic mass is 35.5. The molecule has 3 rings (SSSR count). The molecular formula is C19H22ClFN4O3. The Kier molecular flexibility index (Phi) is 6.64. The molecule has 1 aromatic heterocycles. The third kappa shape index (κ3) is 4.88. The number of aromatic nitrogens is 1. The molecule has 2 amide bonds. The fourth-order valence-electron chi connectivity index (χ4n) is 3.10. The van der Waals surface area contributed by atoms with E-state index in [1.165, 1.54) is 12.1 Å². The lowest BCUT2D eigenvalue weighted by atomic mass is 10.1. The summed E-state index contributed by atoms with van der Waals surface area (Å²) in [5.74, 6) is -0.449. The van der Waals surface area contributed by atoms with Crippen LogP contribution < -0.4 is 10.6 Å². The number of piperazine rings is 1. The molecular weight excluding hydrogens is 387 g/mol. The number of carbonyl (C=O) groups excluding carboxylic acids is 2. The van der Waals surface area contributed by atoms with Crippen molar-refractivity contribution >= 4 is 23.4 Å². The van der Waals surface area contributed by atoms with Gasteiger partial charge in [-0.05, 0) is 18.6 Å². The second-order valence-electron chi connectivity index (χ2n) is 6.60. The topological polar surface area (TPSA) is 87.5 Å². The van der Waals surface area contributed by atoms with Crippen LogP contribution in [0.1, 0.15) is 30.4 Å². The van der Waals surface area contributed by atoms with Gasteiger partial charge in [0.1, 0.15) is 5.82 Å². The van der Waals surface area contributed by atoms with Crippen LogP contribution in [-0.4, -0.2) is 41.0 Å². The van der Waals surface area contributed by atoms with E-state index in [0.29, 0.717) is 29.4 Å². The van der Waals surface area contributed by atoms with Crippen LogP contribution in [0, 0.1) is 5.82 Å². The number of aryl methyl sites for hydroxylation is 1. The highest BCUT2D eigenvalue weighted by Crippen LogP contribution is 2.23. The number of amides is 2. The highest BCUT2D eigenvalue weighted by molar-refractivity contribution is 6.31. The molecule has 7 nitrogen and oxygen atoms in total. The molecule has 2 aromatic rings. The van der Waals surface area contributed by atoms with E-state index in [4.69, 9.17) is 16.1 Å². The van der Waals surface area contributed by atoms with Crippen molar-refractivity contribution in [1.82, 2.24) is 20.7 Å². The Morgan fingerprint density at radius 1 is 1.50 bits per heavy atom. The van der Waals surface area contributed by atoms with Crippen LogP contribution in [0.4, 0.5) is 4.39 Å². The standard InChI is InChI=1S/C19H22ClFN4O3/c1-2-12-8-13(28-24-12)10-23-18(26)9-17-19(27)22-6-7-25(17)11-14-15(20)4-3-5-16(14)21/h3-5,8,17H,2,6-7,9-11H2,1H3,(H,22,27)(H,23,26)/t17-/m1/s1. The Hall–Kier alpha value is -2.45. The van der Waals surface area contributed by atoms with Crippen LogP contribution in [0.2, 0.25) is 5.02 Å². The highest BCUT2D eigenvalue weighted by Gasteiger charge is 2.32. The van der Waals surface area contributed by atoms with Gasteiger partial charge in [0.05, 0.1) is 24.7 Å². The van der Waals surface area contributed by atoms with Gasteiger partial charge in [0.15, 0.2) is 5.76 Å². The van der Waals surface area contributed by atoms with E-state index >= 15 is 0 Å². The summed E-state index contributed by atoms with van der Waals surface area (Å²) in [7, 11) is 0. The maximum atomic E-state index is 14.1. The largest absolute Gasteiger partial charge is 0.359 e. The zero-order valence-electron chi connectivity index (χ0n) is 15.5. The van der Waals surface area contributed by atoms with E-state index in [0.717, 1.165) is 12.1 Å². The van der Waals surface area contributed by atoms with Crippen molar-refractivity contribution in [3.8, 4) is 0 Å². The first-order valence-electron chi connectivity index (χ1n) is 9.13. The molecule has 150 valence electrons. The first kappa shape index (κ1) is 20.3. The number of halogens is 2. The monoisotopic (exact) mass is 408 g/mol. The molecule has 0 unspecified atom stereocenters. The number of nitrogens with one attached hydrogen (secondary N) is 2. The molecule has 1 aromatic carbocycles. The molecule has 28 heavy (non-hydrogen) atoms. The van der Waals surface area contributed by atoms with Crippen LogP contribution in [0.15, 0.2) is 28.8 Å². The van der Waals surface area contributed by atoms with Crippen LogP contribution in [-0.2, 0) is 29.1 Å². The molecule has 0 spiro atoms. The summed E-state index contributed by atoms with van der Waals surface area (Å²) in [5.41, 5.74) is 1.13. The fraction of sp³-hybridized carbons (Fsp3) is 0.421. The maximum absolute atomic E-state index is 14.1. The minimum atomic E-state index is -0.703. The number of benzene rings is 1. The molecule has 0 bridgehead atoms. The first-order valence-corrected chi connectivity index (χ1v) is 9.51. The van der Waals surface area contributed by atoms with E-state index in [1.807, 2.05) is 6.92 Å². The molecule has 1 aliphatic heterocycles. The van der Waals surface area contributed by atoms with Crippen LogP contribution in [0.25, 0.3) is 0 Å². The quantitative estimate of drug-likeness (QED) is 0.732. The minimum Gasteiger partial charge on any atom is -0.359 e. The summed E-state index contributed by atoms with van der Waals surface area (Å²) in [4.78, 5) is 26.5.